The van der Waals surface area contributed by atoms with Gasteiger partial charge in [0, 0.05) is 49.3 Å². The van der Waals surface area contributed by atoms with Crippen molar-refractivity contribution < 1.29 is 4.79 Å². The van der Waals surface area contributed by atoms with E-state index in [-0.39, 0.29) is 5.91 Å². The van der Waals surface area contributed by atoms with Crippen LogP contribution in [0.4, 0.5) is 0 Å². The van der Waals surface area contributed by atoms with Gasteiger partial charge in [-0.25, -0.2) is 0 Å². The second kappa shape index (κ2) is 9.49. The number of carbonyl (C=O) groups excluding carboxylic acids is 1. The molecule has 0 radical (unpaired) electrons. The summed E-state index contributed by atoms with van der Waals surface area (Å²) in [6.07, 6.45) is 6.80. The first kappa shape index (κ1) is 20.1. The van der Waals surface area contributed by atoms with Gasteiger partial charge >= 0.3 is 0 Å². The van der Waals surface area contributed by atoms with Crippen molar-refractivity contribution >= 4 is 23.6 Å². The number of amides is 1. The summed E-state index contributed by atoms with van der Waals surface area (Å²) < 4.78 is 0.433. The van der Waals surface area contributed by atoms with Gasteiger partial charge in [-0.1, -0.05) is 31.4 Å². The molecule has 1 aliphatic heterocycles. The van der Waals surface area contributed by atoms with Crippen molar-refractivity contribution in [3.8, 4) is 0 Å². The highest BCUT2D eigenvalue weighted by Crippen LogP contribution is 2.42. The van der Waals surface area contributed by atoms with Gasteiger partial charge in [-0.3, -0.25) is 9.79 Å². The molecular formula is C21H32N4OS. The van der Waals surface area contributed by atoms with Crippen molar-refractivity contribution in [2.24, 2.45) is 4.99 Å². The number of hydrogen-bond donors (Lipinski definition) is 2. The van der Waals surface area contributed by atoms with Crippen LogP contribution in [0.3, 0.4) is 0 Å². The zero-order valence-corrected chi connectivity index (χ0v) is 17.4. The lowest BCUT2D eigenvalue weighted by atomic mass is 9.87. The van der Waals surface area contributed by atoms with E-state index < -0.39 is 0 Å². The Balaban J connectivity index is 1.56. The zero-order valence-electron chi connectivity index (χ0n) is 16.6. The van der Waals surface area contributed by atoms with Crippen molar-refractivity contribution in [1.29, 1.82) is 0 Å². The highest BCUT2D eigenvalue weighted by Gasteiger charge is 2.38. The van der Waals surface area contributed by atoms with Gasteiger partial charge in [0.05, 0.1) is 0 Å². The molecule has 5 nitrogen and oxygen atoms in total. The lowest BCUT2D eigenvalue weighted by Gasteiger charge is -2.45. The smallest absolute Gasteiger partial charge is 0.251 e. The SMILES string of the molecule is CCNC(=O)c1ccc(CNC(=NC)N2CCSC3(CCCCC3)C2)cc1. The first-order chi connectivity index (χ1) is 13.2. The lowest BCUT2D eigenvalue weighted by Crippen LogP contribution is -2.53. The molecule has 0 unspecified atom stereocenters. The molecule has 1 saturated carbocycles. The zero-order chi connectivity index (χ0) is 19.1. The van der Waals surface area contributed by atoms with Gasteiger partial charge in [-0.05, 0) is 37.5 Å². The molecule has 1 amide bonds. The van der Waals surface area contributed by atoms with Crippen LogP contribution in [-0.2, 0) is 6.54 Å². The van der Waals surface area contributed by atoms with E-state index in [1.807, 2.05) is 38.2 Å². The number of nitrogens with one attached hydrogen (secondary N) is 2. The summed E-state index contributed by atoms with van der Waals surface area (Å²) >= 11 is 2.18. The fraction of sp³-hybridized carbons (Fsp3) is 0.619. The molecule has 2 fully saturated rings. The Morgan fingerprint density at radius 2 is 1.93 bits per heavy atom. The monoisotopic (exact) mass is 388 g/mol. The van der Waals surface area contributed by atoms with Gasteiger partial charge in [0.15, 0.2) is 5.96 Å². The van der Waals surface area contributed by atoms with Crippen LogP contribution in [0.25, 0.3) is 0 Å². The van der Waals surface area contributed by atoms with Crippen LogP contribution in [0.5, 0.6) is 0 Å². The lowest BCUT2D eigenvalue weighted by molar-refractivity contribution is 0.0956. The summed E-state index contributed by atoms with van der Waals surface area (Å²) in [6, 6.07) is 7.80. The Labute approximate surface area is 167 Å². The van der Waals surface area contributed by atoms with Gasteiger partial charge in [-0.15, -0.1) is 0 Å². The average molecular weight is 389 g/mol. The minimum Gasteiger partial charge on any atom is -0.352 e. The highest BCUT2D eigenvalue weighted by atomic mass is 32.2. The molecule has 2 aliphatic rings. The molecule has 1 spiro atoms. The molecule has 27 heavy (non-hydrogen) atoms. The molecule has 0 aromatic heterocycles. The quantitative estimate of drug-likeness (QED) is 0.614. The number of benzene rings is 1. The summed E-state index contributed by atoms with van der Waals surface area (Å²) in [6.45, 7) is 5.46. The van der Waals surface area contributed by atoms with E-state index >= 15 is 0 Å². The predicted molar refractivity (Wildman–Crippen MR) is 114 cm³/mol. The van der Waals surface area contributed by atoms with Crippen LogP contribution < -0.4 is 10.6 Å². The molecule has 0 atom stereocenters. The van der Waals surface area contributed by atoms with E-state index in [0.717, 1.165) is 31.2 Å². The summed E-state index contributed by atoms with van der Waals surface area (Å²) in [7, 11) is 1.87. The summed E-state index contributed by atoms with van der Waals surface area (Å²) in [5, 5.41) is 6.35. The maximum Gasteiger partial charge on any atom is 0.251 e. The van der Waals surface area contributed by atoms with E-state index in [2.05, 4.69) is 32.3 Å². The van der Waals surface area contributed by atoms with Crippen LogP contribution in [0.15, 0.2) is 29.3 Å². The molecule has 6 heteroatoms. The minimum atomic E-state index is -0.0172. The molecule has 1 saturated heterocycles. The van der Waals surface area contributed by atoms with Gasteiger partial charge in [0.25, 0.3) is 5.91 Å². The molecule has 148 valence electrons. The standard InChI is InChI=1S/C21H32N4OS/c1-3-23-19(26)18-9-7-17(8-10-18)15-24-20(22-2)25-13-14-27-21(16-25)11-5-4-6-12-21/h7-10H,3-6,11-16H2,1-2H3,(H,22,24)(H,23,26). The molecular weight excluding hydrogens is 356 g/mol. The Bertz CT molecular complexity index is 647. The number of aliphatic imine (C=N–C) groups is 1. The number of rotatable bonds is 4. The topological polar surface area (TPSA) is 56.7 Å². The number of hydrogen-bond acceptors (Lipinski definition) is 3. The van der Waals surface area contributed by atoms with Crippen LogP contribution in [0, 0.1) is 0 Å². The van der Waals surface area contributed by atoms with Crippen LogP contribution in [0.2, 0.25) is 0 Å². The Morgan fingerprint density at radius 1 is 1.19 bits per heavy atom. The molecule has 1 heterocycles. The van der Waals surface area contributed by atoms with E-state index in [1.165, 1.54) is 37.9 Å². The third-order valence-corrected chi connectivity index (χ3v) is 7.07. The van der Waals surface area contributed by atoms with E-state index in [9.17, 15) is 4.79 Å². The molecule has 3 rings (SSSR count). The third-order valence-electron chi connectivity index (χ3n) is 5.53. The van der Waals surface area contributed by atoms with Crippen molar-refractivity contribution in [1.82, 2.24) is 15.5 Å². The number of nitrogens with zero attached hydrogens (tertiary/aromatic N) is 2. The second-order valence-corrected chi connectivity index (χ2v) is 9.03. The van der Waals surface area contributed by atoms with Crippen molar-refractivity contribution in [2.75, 3.05) is 32.4 Å². The van der Waals surface area contributed by atoms with Gasteiger partial charge < -0.3 is 15.5 Å². The maximum absolute atomic E-state index is 11.9. The van der Waals surface area contributed by atoms with Crippen LogP contribution in [0.1, 0.15) is 54.9 Å². The van der Waals surface area contributed by atoms with Crippen LogP contribution in [-0.4, -0.2) is 53.9 Å². The van der Waals surface area contributed by atoms with Gasteiger partial charge in [0.1, 0.15) is 0 Å². The molecule has 0 bridgehead atoms. The first-order valence-electron chi connectivity index (χ1n) is 10.1. The molecule has 1 aromatic rings. The molecule has 1 aromatic carbocycles. The predicted octanol–water partition coefficient (Wildman–Crippen LogP) is 3.26. The number of guanidine groups is 1. The highest BCUT2D eigenvalue weighted by molar-refractivity contribution is 8.00. The number of thioether (sulfide) groups is 1. The average Bonchev–Trinajstić information content (AvgIpc) is 2.70. The van der Waals surface area contributed by atoms with E-state index in [1.54, 1.807) is 0 Å². The second-order valence-electron chi connectivity index (χ2n) is 7.47. The van der Waals surface area contributed by atoms with Crippen molar-refractivity contribution in [3.05, 3.63) is 35.4 Å². The Morgan fingerprint density at radius 3 is 2.59 bits per heavy atom. The Kier molecular flexibility index (Phi) is 7.05. The van der Waals surface area contributed by atoms with Crippen LogP contribution >= 0.6 is 11.8 Å². The fourth-order valence-corrected chi connectivity index (χ4v) is 5.64. The van der Waals surface area contributed by atoms with E-state index in [0.29, 0.717) is 16.9 Å². The van der Waals surface area contributed by atoms with Crippen molar-refractivity contribution in [3.63, 3.8) is 0 Å². The largest absolute Gasteiger partial charge is 0.352 e. The summed E-state index contributed by atoms with van der Waals surface area (Å²) in [5.41, 5.74) is 1.86. The molecule has 1 aliphatic carbocycles. The van der Waals surface area contributed by atoms with Gasteiger partial charge in [0.2, 0.25) is 0 Å². The fourth-order valence-electron chi connectivity index (χ4n) is 4.07. The maximum atomic E-state index is 11.9. The first-order valence-corrected chi connectivity index (χ1v) is 11.1. The summed E-state index contributed by atoms with van der Waals surface area (Å²) in [4.78, 5) is 18.8. The minimum absolute atomic E-state index is 0.0172. The van der Waals surface area contributed by atoms with Gasteiger partial charge in [-0.2, -0.15) is 11.8 Å². The molecule has 2 N–H and O–H groups in total. The summed E-state index contributed by atoms with van der Waals surface area (Å²) in [5.74, 6) is 2.16. The van der Waals surface area contributed by atoms with E-state index in [4.69, 9.17) is 0 Å². The number of carbonyl (C=O) groups is 1. The van der Waals surface area contributed by atoms with Crippen molar-refractivity contribution in [2.45, 2.75) is 50.3 Å². The third kappa shape index (κ3) is 5.18. The normalized spacial score (nSPS) is 19.8. The Hall–Kier alpha value is -1.69.